The Morgan fingerprint density at radius 2 is 2.35 bits per heavy atom. The van der Waals surface area contributed by atoms with Crippen molar-refractivity contribution in [2.75, 3.05) is 18.5 Å². The second-order valence-corrected chi connectivity index (χ2v) is 5.26. The maximum atomic E-state index is 10.6. The molecule has 1 aromatic rings. The average Bonchev–Trinajstić information content (AvgIpc) is 2.68. The molecule has 17 heavy (non-hydrogen) atoms. The van der Waals surface area contributed by atoms with E-state index >= 15 is 0 Å². The van der Waals surface area contributed by atoms with E-state index in [1.54, 1.807) is 6.07 Å². The molecule has 1 atom stereocenters. The molecule has 0 aliphatic carbocycles. The Bertz CT molecular complexity index is 444. The Morgan fingerprint density at radius 1 is 1.59 bits per heavy atom. The predicted octanol–water partition coefficient (Wildman–Crippen LogP) is 2.95. The van der Waals surface area contributed by atoms with E-state index in [9.17, 15) is 10.1 Å². The second-order valence-electron chi connectivity index (χ2n) is 4.41. The SMILES string of the molecule is CC1(Nc2ccc([N+](=O)[O-])cc2Br)CCOC1. The number of rotatable bonds is 3. The van der Waals surface area contributed by atoms with E-state index in [1.807, 2.05) is 0 Å². The minimum atomic E-state index is -0.408. The zero-order valence-electron chi connectivity index (χ0n) is 9.40. The molecule has 0 aromatic heterocycles. The molecule has 1 N–H and O–H groups in total. The molecule has 0 radical (unpaired) electrons. The zero-order chi connectivity index (χ0) is 12.5. The molecule has 1 aromatic carbocycles. The Balaban J connectivity index is 2.19. The number of nitrogens with zero attached hydrogens (tertiary/aromatic N) is 1. The minimum absolute atomic E-state index is 0.0789. The summed E-state index contributed by atoms with van der Waals surface area (Å²) >= 11 is 3.34. The summed E-state index contributed by atoms with van der Waals surface area (Å²) in [5.74, 6) is 0. The number of ether oxygens (including phenoxy) is 1. The largest absolute Gasteiger partial charge is 0.379 e. The second kappa shape index (κ2) is 4.62. The van der Waals surface area contributed by atoms with Gasteiger partial charge in [0.05, 0.1) is 17.1 Å². The number of hydrogen-bond donors (Lipinski definition) is 1. The summed E-state index contributed by atoms with van der Waals surface area (Å²) in [6.07, 6.45) is 0.927. The van der Waals surface area contributed by atoms with Gasteiger partial charge in [-0.15, -0.1) is 0 Å². The van der Waals surface area contributed by atoms with Gasteiger partial charge >= 0.3 is 0 Å². The van der Waals surface area contributed by atoms with Gasteiger partial charge in [0, 0.05) is 28.9 Å². The maximum Gasteiger partial charge on any atom is 0.270 e. The third-order valence-electron chi connectivity index (χ3n) is 2.82. The molecule has 1 aliphatic rings. The highest BCUT2D eigenvalue weighted by Gasteiger charge is 2.30. The number of nitro groups is 1. The molecule has 1 aliphatic heterocycles. The van der Waals surface area contributed by atoms with Crippen molar-refractivity contribution in [1.29, 1.82) is 0 Å². The molecule has 0 amide bonds. The van der Waals surface area contributed by atoms with E-state index in [1.165, 1.54) is 12.1 Å². The lowest BCUT2D eigenvalue weighted by molar-refractivity contribution is -0.384. The van der Waals surface area contributed by atoms with Crippen LogP contribution in [0.3, 0.4) is 0 Å². The number of hydrogen-bond acceptors (Lipinski definition) is 4. The highest BCUT2D eigenvalue weighted by Crippen LogP contribution is 2.31. The van der Waals surface area contributed by atoms with Crippen molar-refractivity contribution in [2.24, 2.45) is 0 Å². The van der Waals surface area contributed by atoms with Crippen molar-refractivity contribution in [1.82, 2.24) is 0 Å². The Labute approximate surface area is 107 Å². The highest BCUT2D eigenvalue weighted by atomic mass is 79.9. The zero-order valence-corrected chi connectivity index (χ0v) is 11.0. The first-order chi connectivity index (χ1) is 8.00. The summed E-state index contributed by atoms with van der Waals surface area (Å²) in [7, 11) is 0. The molecular formula is C11H13BrN2O3. The molecular weight excluding hydrogens is 288 g/mol. The van der Waals surface area contributed by atoms with E-state index in [4.69, 9.17) is 4.74 Å². The third-order valence-corrected chi connectivity index (χ3v) is 3.47. The quantitative estimate of drug-likeness (QED) is 0.688. The molecule has 0 saturated carbocycles. The molecule has 2 rings (SSSR count). The fourth-order valence-electron chi connectivity index (χ4n) is 1.81. The van der Waals surface area contributed by atoms with Gasteiger partial charge in [-0.2, -0.15) is 0 Å². The van der Waals surface area contributed by atoms with Gasteiger partial charge in [-0.05, 0) is 35.3 Å². The number of nitro benzene ring substituents is 1. The molecule has 1 fully saturated rings. The van der Waals surface area contributed by atoms with Crippen molar-refractivity contribution < 1.29 is 9.66 Å². The van der Waals surface area contributed by atoms with E-state index in [0.29, 0.717) is 11.1 Å². The van der Waals surface area contributed by atoms with Crippen LogP contribution >= 0.6 is 15.9 Å². The van der Waals surface area contributed by atoms with Gasteiger partial charge in [0.2, 0.25) is 0 Å². The normalized spacial score (nSPS) is 23.6. The van der Waals surface area contributed by atoms with Gasteiger partial charge in [-0.3, -0.25) is 10.1 Å². The van der Waals surface area contributed by atoms with E-state index in [2.05, 4.69) is 28.2 Å². The number of nitrogens with one attached hydrogen (secondary N) is 1. The average molecular weight is 301 g/mol. The van der Waals surface area contributed by atoms with Crippen LogP contribution in [0.4, 0.5) is 11.4 Å². The Morgan fingerprint density at radius 3 is 2.88 bits per heavy atom. The third kappa shape index (κ3) is 2.76. The van der Waals surface area contributed by atoms with Crippen LogP contribution in [-0.4, -0.2) is 23.7 Å². The van der Waals surface area contributed by atoms with Crippen LogP contribution in [0.5, 0.6) is 0 Å². The molecule has 1 heterocycles. The lowest BCUT2D eigenvalue weighted by atomic mass is 10.0. The molecule has 1 unspecified atom stereocenters. The fourth-order valence-corrected chi connectivity index (χ4v) is 2.28. The lowest BCUT2D eigenvalue weighted by Crippen LogP contribution is -2.35. The standard InChI is InChI=1S/C11H13BrN2O3/c1-11(4-5-17-7-11)13-10-3-2-8(14(15)16)6-9(10)12/h2-3,6,13H,4-5,7H2,1H3. The van der Waals surface area contributed by atoms with Crippen LogP contribution in [0.25, 0.3) is 0 Å². The summed E-state index contributed by atoms with van der Waals surface area (Å²) in [6, 6.07) is 4.71. The number of halogens is 1. The van der Waals surface area contributed by atoms with Gasteiger partial charge in [0.1, 0.15) is 0 Å². The molecule has 6 heteroatoms. The monoisotopic (exact) mass is 300 g/mol. The first-order valence-electron chi connectivity index (χ1n) is 5.30. The van der Waals surface area contributed by atoms with Gasteiger partial charge in [0.15, 0.2) is 0 Å². The van der Waals surface area contributed by atoms with Crippen LogP contribution in [-0.2, 0) is 4.74 Å². The first-order valence-corrected chi connectivity index (χ1v) is 6.09. The lowest BCUT2D eigenvalue weighted by Gasteiger charge is -2.25. The highest BCUT2D eigenvalue weighted by molar-refractivity contribution is 9.10. The Hall–Kier alpha value is -1.14. The summed E-state index contributed by atoms with van der Waals surface area (Å²) in [5.41, 5.74) is 0.831. The van der Waals surface area contributed by atoms with Crippen molar-refractivity contribution in [3.63, 3.8) is 0 Å². The molecule has 1 saturated heterocycles. The predicted molar refractivity (Wildman–Crippen MR) is 68.3 cm³/mol. The summed E-state index contributed by atoms with van der Waals surface area (Å²) < 4.78 is 6.04. The summed E-state index contributed by atoms with van der Waals surface area (Å²) in [6.45, 7) is 3.47. The van der Waals surface area contributed by atoms with Crippen molar-refractivity contribution >= 4 is 27.3 Å². The van der Waals surface area contributed by atoms with Gasteiger partial charge in [-0.1, -0.05) is 0 Å². The van der Waals surface area contributed by atoms with E-state index < -0.39 is 4.92 Å². The van der Waals surface area contributed by atoms with Gasteiger partial charge in [-0.25, -0.2) is 0 Å². The molecule has 5 nitrogen and oxygen atoms in total. The minimum Gasteiger partial charge on any atom is -0.379 e. The van der Waals surface area contributed by atoms with Crippen LogP contribution in [0.1, 0.15) is 13.3 Å². The topological polar surface area (TPSA) is 64.4 Å². The molecule has 92 valence electrons. The van der Waals surface area contributed by atoms with Crippen LogP contribution < -0.4 is 5.32 Å². The van der Waals surface area contributed by atoms with Crippen molar-refractivity contribution in [2.45, 2.75) is 18.9 Å². The van der Waals surface area contributed by atoms with Gasteiger partial charge < -0.3 is 10.1 Å². The number of benzene rings is 1. The molecule has 0 spiro atoms. The van der Waals surface area contributed by atoms with Crippen LogP contribution in [0, 0.1) is 10.1 Å². The van der Waals surface area contributed by atoms with Crippen molar-refractivity contribution in [3.05, 3.63) is 32.8 Å². The summed E-state index contributed by atoms with van der Waals surface area (Å²) in [5, 5.41) is 14.0. The number of anilines is 1. The van der Waals surface area contributed by atoms with Crippen molar-refractivity contribution in [3.8, 4) is 0 Å². The fraction of sp³-hybridized carbons (Fsp3) is 0.455. The van der Waals surface area contributed by atoms with Crippen LogP contribution in [0.15, 0.2) is 22.7 Å². The summed E-state index contributed by atoms with van der Waals surface area (Å²) in [4.78, 5) is 10.2. The smallest absolute Gasteiger partial charge is 0.270 e. The van der Waals surface area contributed by atoms with E-state index in [0.717, 1.165) is 18.7 Å². The van der Waals surface area contributed by atoms with E-state index in [-0.39, 0.29) is 11.2 Å². The Kier molecular flexibility index (Phi) is 3.35. The molecule has 0 bridgehead atoms. The maximum absolute atomic E-state index is 10.6. The number of non-ortho nitro benzene ring substituents is 1. The van der Waals surface area contributed by atoms with Crippen LogP contribution in [0.2, 0.25) is 0 Å². The first kappa shape index (κ1) is 12.3. The van der Waals surface area contributed by atoms with Gasteiger partial charge in [0.25, 0.3) is 5.69 Å².